The molecule has 17 nitrogen and oxygen atoms in total. The number of anilines is 1. The molecular weight excluding hydrogens is 835 g/mol. The van der Waals surface area contributed by atoms with Gasteiger partial charge < -0.3 is 50.4 Å². The normalized spacial score (nSPS) is 22.1. The molecule has 2 amide bonds. The number of aliphatic hydroxyl groups is 2. The number of Topliss-reactive ketones (excluding diaryl/α,β-unsaturated/α-hetero) is 1. The fourth-order valence-electron chi connectivity index (χ4n) is 7.68. The minimum Gasteiger partial charge on any atom is -0.464 e. The van der Waals surface area contributed by atoms with E-state index < -0.39 is 87.9 Å². The number of nitrogens with zero attached hydrogens (tertiary/aromatic N) is 2. The summed E-state index contributed by atoms with van der Waals surface area (Å²) >= 11 is 0. The Hall–Kier alpha value is -4.17. The average molecular weight is 904 g/mol. The van der Waals surface area contributed by atoms with Crippen LogP contribution in [0.4, 0.5) is 10.5 Å². The highest BCUT2D eigenvalue weighted by molar-refractivity contribution is 7.89. The zero-order chi connectivity index (χ0) is 46.5. The number of hydrogen-bond acceptors (Lipinski definition) is 14. The Morgan fingerprint density at radius 1 is 1.03 bits per heavy atom. The predicted molar refractivity (Wildman–Crippen MR) is 236 cm³/mol. The van der Waals surface area contributed by atoms with Crippen LogP contribution in [0.3, 0.4) is 0 Å². The number of hydrogen-bond donors (Lipinski definition) is 5. The number of ketones is 1. The molecule has 2 aliphatic heterocycles. The molecule has 2 unspecified atom stereocenters. The van der Waals surface area contributed by atoms with Gasteiger partial charge in [0, 0.05) is 50.3 Å². The Morgan fingerprint density at radius 3 is 2.35 bits per heavy atom. The first kappa shape index (κ1) is 51.5. The number of amides is 2. The van der Waals surface area contributed by atoms with E-state index in [4.69, 9.17) is 24.7 Å². The maximum absolute atomic E-state index is 13.8. The van der Waals surface area contributed by atoms with E-state index in [1.807, 2.05) is 51.1 Å². The molecule has 2 aromatic rings. The number of alkyl carbamates (subject to hydrolysis) is 1. The summed E-state index contributed by atoms with van der Waals surface area (Å²) in [6, 6.07) is 13.2. The maximum Gasteiger partial charge on any atom is 0.407 e. The lowest BCUT2D eigenvalue weighted by Crippen LogP contribution is -2.53. The minimum absolute atomic E-state index is 0.0220. The molecule has 8 atom stereocenters. The zero-order valence-corrected chi connectivity index (χ0v) is 38.6. The number of piperidine rings is 1. The van der Waals surface area contributed by atoms with Crippen molar-refractivity contribution in [1.29, 1.82) is 0 Å². The molecule has 2 heterocycles. The molecule has 18 heteroatoms. The molecule has 63 heavy (non-hydrogen) atoms. The second-order valence-electron chi connectivity index (χ2n) is 17.6. The number of rotatable bonds is 23. The van der Waals surface area contributed by atoms with Gasteiger partial charge in [-0.15, -0.1) is 0 Å². The number of benzene rings is 2. The zero-order valence-electron chi connectivity index (χ0n) is 37.7. The van der Waals surface area contributed by atoms with Gasteiger partial charge in [0.2, 0.25) is 15.8 Å². The number of likely N-dealkylation sites (tertiary alicyclic amines) is 1. The summed E-state index contributed by atoms with van der Waals surface area (Å²) in [7, 11) is -2.67. The van der Waals surface area contributed by atoms with Crippen molar-refractivity contribution in [2.75, 3.05) is 52.2 Å². The van der Waals surface area contributed by atoms with Crippen LogP contribution in [0.1, 0.15) is 79.2 Å². The van der Waals surface area contributed by atoms with Crippen LogP contribution in [0.2, 0.25) is 0 Å². The van der Waals surface area contributed by atoms with Crippen molar-refractivity contribution in [3.8, 4) is 0 Å². The molecule has 0 radical (unpaired) electrons. The molecule has 2 fully saturated rings. The fourth-order valence-corrected chi connectivity index (χ4v) is 9.30. The molecule has 0 aliphatic carbocycles. The second-order valence-corrected chi connectivity index (χ2v) is 19.5. The molecule has 0 spiro atoms. The van der Waals surface area contributed by atoms with Crippen molar-refractivity contribution in [2.24, 2.45) is 17.3 Å². The third kappa shape index (κ3) is 14.2. The van der Waals surface area contributed by atoms with Crippen molar-refractivity contribution in [3.05, 3.63) is 60.2 Å². The van der Waals surface area contributed by atoms with Gasteiger partial charge in [0.25, 0.3) is 5.91 Å². The Bertz CT molecular complexity index is 1900. The Labute approximate surface area is 372 Å². The van der Waals surface area contributed by atoms with Crippen molar-refractivity contribution < 1.29 is 56.8 Å². The summed E-state index contributed by atoms with van der Waals surface area (Å²) in [6.45, 7) is 11.4. The lowest BCUT2D eigenvalue weighted by molar-refractivity contribution is -0.163. The first-order chi connectivity index (χ1) is 29.8. The average Bonchev–Trinajstić information content (AvgIpc) is 3.57. The maximum atomic E-state index is 13.8. The van der Waals surface area contributed by atoms with Crippen molar-refractivity contribution >= 4 is 39.5 Å². The number of nitrogens with one attached hydrogen (secondary N) is 2. The highest BCUT2D eigenvalue weighted by Gasteiger charge is 2.48. The van der Waals surface area contributed by atoms with Crippen LogP contribution in [-0.2, 0) is 49.8 Å². The highest BCUT2D eigenvalue weighted by atomic mass is 32.2. The molecule has 2 saturated heterocycles. The number of methoxy groups -OCH3 is 1. The van der Waals surface area contributed by atoms with Crippen molar-refractivity contribution in [3.63, 3.8) is 0 Å². The smallest absolute Gasteiger partial charge is 0.407 e. The van der Waals surface area contributed by atoms with Gasteiger partial charge in [-0.2, -0.15) is 4.31 Å². The van der Waals surface area contributed by atoms with Crippen molar-refractivity contribution in [1.82, 2.24) is 19.8 Å². The number of carbonyl (C=O) groups excluding carboxylic acids is 4. The monoisotopic (exact) mass is 903 g/mol. The number of aliphatic hydroxyl groups excluding tert-OH is 2. The van der Waals surface area contributed by atoms with Crippen molar-refractivity contribution in [2.45, 2.75) is 128 Å². The van der Waals surface area contributed by atoms with Gasteiger partial charge in [0.15, 0.2) is 12.4 Å². The van der Waals surface area contributed by atoms with Crippen LogP contribution in [-0.4, -0.2) is 141 Å². The quantitative estimate of drug-likeness (QED) is 0.0466. The van der Waals surface area contributed by atoms with Crippen LogP contribution in [0.5, 0.6) is 0 Å². The SMILES string of the molecule is CCC(C)(C)C(=O)C(=O)N1CCCCC1C(=O)OCCCNCC(O)[C@H]1O[C@H](OC)[C@H](OC(=O)N[C@@H](Cc2ccccc2)[C@H](O)CN(CC(C)C)S(=O)(=O)c2ccc(N)cc2)[C@H]1C. The van der Waals surface area contributed by atoms with E-state index in [2.05, 4.69) is 10.6 Å². The van der Waals surface area contributed by atoms with Gasteiger partial charge in [0.05, 0.1) is 35.9 Å². The van der Waals surface area contributed by atoms with Crippen LogP contribution in [0.25, 0.3) is 0 Å². The molecular formula is C45H69N5O12S. The Morgan fingerprint density at radius 2 is 1.71 bits per heavy atom. The molecule has 0 aromatic heterocycles. The molecule has 2 aromatic carbocycles. The molecule has 0 bridgehead atoms. The van der Waals surface area contributed by atoms with E-state index in [0.717, 1.165) is 12.0 Å². The summed E-state index contributed by atoms with van der Waals surface area (Å²) in [5.41, 5.74) is 6.17. The van der Waals surface area contributed by atoms with Crippen LogP contribution in [0, 0.1) is 17.3 Å². The van der Waals surface area contributed by atoms with E-state index in [1.165, 1.54) is 40.6 Å². The molecule has 352 valence electrons. The Kier molecular flexibility index (Phi) is 19.3. The first-order valence-electron chi connectivity index (χ1n) is 21.9. The standard InChI is InChI=1S/C45H69N5O12S/c1-8-45(5,6)40(53)41(54)50-23-13-12-17-35(50)42(55)60-24-14-22-47-26-36(51)38-30(4)39(43(59-7)61-38)62-44(56)48-34(25-31-15-10-9-11-16-31)37(52)28-49(27-29(2)3)63(57,58)33-20-18-32(46)19-21-33/h9-11,15-16,18-21,29-30,34-39,43,47,51-52H,8,12-14,17,22-28,46H2,1-7H3,(H,48,56)/t30-,34-,35?,36?,37+,38-,39+,43-/m0/s1. The number of nitrogen functional groups attached to an aromatic ring is 1. The van der Waals surface area contributed by atoms with E-state index >= 15 is 0 Å². The van der Waals surface area contributed by atoms with Crippen LogP contribution in [0.15, 0.2) is 59.5 Å². The largest absolute Gasteiger partial charge is 0.464 e. The third-order valence-electron chi connectivity index (χ3n) is 11.8. The van der Waals surface area contributed by atoms with E-state index in [1.54, 1.807) is 20.8 Å². The predicted octanol–water partition coefficient (Wildman–Crippen LogP) is 3.26. The number of nitrogens with two attached hydrogens (primary N) is 1. The summed E-state index contributed by atoms with van der Waals surface area (Å²) in [5.74, 6) is -2.34. The van der Waals surface area contributed by atoms with Gasteiger partial charge in [0.1, 0.15) is 6.04 Å². The van der Waals surface area contributed by atoms with E-state index in [9.17, 15) is 37.8 Å². The van der Waals surface area contributed by atoms with E-state index in [0.29, 0.717) is 44.5 Å². The lowest BCUT2D eigenvalue weighted by atomic mass is 9.84. The first-order valence-corrected chi connectivity index (χ1v) is 23.4. The van der Waals surface area contributed by atoms with Gasteiger partial charge in [-0.05, 0) is 80.8 Å². The lowest BCUT2D eigenvalue weighted by Gasteiger charge is -2.35. The molecule has 4 rings (SSSR count). The number of carbonyl (C=O) groups is 4. The van der Waals surface area contributed by atoms with Crippen LogP contribution < -0.4 is 16.4 Å². The van der Waals surface area contributed by atoms with Gasteiger partial charge in [-0.3, -0.25) is 9.59 Å². The van der Waals surface area contributed by atoms with Gasteiger partial charge >= 0.3 is 12.1 Å². The third-order valence-corrected chi connectivity index (χ3v) is 13.7. The van der Waals surface area contributed by atoms with E-state index in [-0.39, 0.29) is 43.5 Å². The summed E-state index contributed by atoms with van der Waals surface area (Å²) in [4.78, 5) is 53.9. The number of ether oxygens (including phenoxy) is 4. The number of sulfonamides is 1. The number of esters is 1. The molecule has 6 N–H and O–H groups in total. The molecule has 0 saturated carbocycles. The summed E-state index contributed by atoms with van der Waals surface area (Å²) < 4.78 is 51.6. The van der Waals surface area contributed by atoms with Crippen LogP contribution >= 0.6 is 0 Å². The highest BCUT2D eigenvalue weighted by Crippen LogP contribution is 2.32. The second kappa shape index (κ2) is 23.7. The topological polar surface area (TPSA) is 236 Å². The summed E-state index contributed by atoms with van der Waals surface area (Å²) in [6.07, 6.45) is -3.15. The minimum atomic E-state index is -4.05. The fraction of sp³-hybridized carbons (Fsp3) is 0.644. The van der Waals surface area contributed by atoms with Gasteiger partial charge in [-0.25, -0.2) is 18.0 Å². The summed E-state index contributed by atoms with van der Waals surface area (Å²) in [5, 5.41) is 28.7. The van der Waals surface area contributed by atoms with Gasteiger partial charge in [-0.1, -0.05) is 71.9 Å². The molecule has 2 aliphatic rings. The Balaban J connectivity index is 1.31.